The number of halogens is 1. The molecular weight excluding hydrogens is 296 g/mol. The van der Waals surface area contributed by atoms with Gasteiger partial charge in [0, 0.05) is 17.3 Å². The molecule has 0 bridgehead atoms. The van der Waals surface area contributed by atoms with Crippen molar-refractivity contribution in [3.8, 4) is 6.07 Å². The topological polar surface area (TPSA) is 61.2 Å². The summed E-state index contributed by atoms with van der Waals surface area (Å²) in [7, 11) is 0. The van der Waals surface area contributed by atoms with Crippen LogP contribution in [0.3, 0.4) is 0 Å². The second kappa shape index (κ2) is 4.91. The number of amides is 2. The van der Waals surface area contributed by atoms with Crippen molar-refractivity contribution in [3.05, 3.63) is 28.2 Å². The van der Waals surface area contributed by atoms with E-state index in [0.717, 1.165) is 9.37 Å². The maximum atomic E-state index is 12.0. The molecule has 0 saturated carbocycles. The average molecular weight is 307 g/mol. The second-order valence-electron chi connectivity index (χ2n) is 4.41. The summed E-state index contributed by atoms with van der Waals surface area (Å²) in [5.74, 6) is -0.416. The smallest absolute Gasteiger partial charge is 0.234 e. The minimum atomic E-state index is -0.242. The summed E-state index contributed by atoms with van der Waals surface area (Å²) in [6.45, 7) is 1.87. The summed E-state index contributed by atoms with van der Waals surface area (Å²) in [6.07, 6.45) is 0.673. The summed E-state index contributed by atoms with van der Waals surface area (Å²) in [6, 6.07) is 6.94. The van der Waals surface area contributed by atoms with E-state index in [0.29, 0.717) is 24.1 Å². The van der Waals surface area contributed by atoms with Crippen LogP contribution in [0.4, 0.5) is 5.69 Å². The third-order valence-corrected chi connectivity index (χ3v) is 3.36. The molecule has 0 radical (unpaired) electrons. The average Bonchev–Trinajstić information content (AvgIpc) is 2.28. The van der Waals surface area contributed by atoms with Gasteiger partial charge in [-0.3, -0.25) is 9.59 Å². The molecule has 1 aliphatic rings. The molecule has 0 aliphatic carbocycles. The molecule has 1 aromatic carbocycles. The van der Waals surface area contributed by atoms with E-state index in [2.05, 4.69) is 15.9 Å². The zero-order chi connectivity index (χ0) is 13.3. The van der Waals surface area contributed by atoms with Crippen LogP contribution in [0.25, 0.3) is 0 Å². The second-order valence-corrected chi connectivity index (χ2v) is 5.33. The highest BCUT2D eigenvalue weighted by Gasteiger charge is 2.32. The number of piperidine rings is 1. The zero-order valence-electron chi connectivity index (χ0n) is 9.81. The van der Waals surface area contributed by atoms with Gasteiger partial charge in [0.25, 0.3) is 0 Å². The maximum absolute atomic E-state index is 12.0. The van der Waals surface area contributed by atoms with E-state index >= 15 is 0 Å². The van der Waals surface area contributed by atoms with E-state index < -0.39 is 0 Å². The summed E-state index contributed by atoms with van der Waals surface area (Å²) in [5, 5.41) is 9.05. The first kappa shape index (κ1) is 12.8. The largest absolute Gasteiger partial charge is 0.274 e. The normalized spacial score (nSPS) is 16.8. The van der Waals surface area contributed by atoms with Gasteiger partial charge in [0.05, 0.1) is 11.3 Å². The molecule has 18 heavy (non-hydrogen) atoms. The van der Waals surface area contributed by atoms with E-state index in [9.17, 15) is 9.59 Å². The quantitative estimate of drug-likeness (QED) is 0.749. The van der Waals surface area contributed by atoms with Crippen molar-refractivity contribution in [3.63, 3.8) is 0 Å². The highest BCUT2D eigenvalue weighted by Crippen LogP contribution is 2.30. The number of benzene rings is 1. The Bertz CT molecular complexity index is 545. The van der Waals surface area contributed by atoms with Gasteiger partial charge in [-0.25, -0.2) is 4.90 Å². The van der Waals surface area contributed by atoms with Gasteiger partial charge in [-0.15, -0.1) is 0 Å². The first-order valence-corrected chi connectivity index (χ1v) is 6.37. The molecule has 1 saturated heterocycles. The van der Waals surface area contributed by atoms with Crippen LogP contribution in [0.15, 0.2) is 22.7 Å². The molecule has 0 aromatic heterocycles. The molecule has 0 spiro atoms. The van der Waals surface area contributed by atoms with Crippen LogP contribution in [0.2, 0.25) is 0 Å². The van der Waals surface area contributed by atoms with Gasteiger partial charge in [0.2, 0.25) is 11.8 Å². The molecule has 1 aliphatic heterocycles. The lowest BCUT2D eigenvalue weighted by Gasteiger charge is -2.28. The third kappa shape index (κ3) is 2.29. The van der Waals surface area contributed by atoms with Gasteiger partial charge >= 0.3 is 0 Å². The minimum Gasteiger partial charge on any atom is -0.274 e. The molecule has 0 atom stereocenters. The lowest BCUT2D eigenvalue weighted by Crippen LogP contribution is -2.43. The van der Waals surface area contributed by atoms with Crippen molar-refractivity contribution < 1.29 is 9.59 Å². The number of nitrogens with zero attached hydrogens (tertiary/aromatic N) is 2. The Morgan fingerprint density at radius 1 is 1.33 bits per heavy atom. The van der Waals surface area contributed by atoms with Gasteiger partial charge in [0.1, 0.15) is 6.07 Å². The standard InChI is InChI=1S/C13H11BrN2O2/c1-8-4-12(17)16(13(18)5-8)11-6-10(14)3-2-9(11)7-15/h2-3,6,8H,4-5H2,1H3. The van der Waals surface area contributed by atoms with E-state index in [-0.39, 0.29) is 17.7 Å². The molecule has 0 unspecified atom stereocenters. The first-order valence-electron chi connectivity index (χ1n) is 5.58. The van der Waals surface area contributed by atoms with Crippen molar-refractivity contribution >= 4 is 33.4 Å². The Hall–Kier alpha value is -1.67. The van der Waals surface area contributed by atoms with Crippen molar-refractivity contribution in [2.45, 2.75) is 19.8 Å². The zero-order valence-corrected chi connectivity index (χ0v) is 11.4. The van der Waals surface area contributed by atoms with Crippen LogP contribution >= 0.6 is 15.9 Å². The number of carbonyl (C=O) groups excluding carboxylic acids is 2. The Kier molecular flexibility index (Phi) is 3.48. The lowest BCUT2D eigenvalue weighted by atomic mass is 9.96. The van der Waals surface area contributed by atoms with Crippen LogP contribution in [-0.2, 0) is 9.59 Å². The molecule has 92 valence electrons. The van der Waals surface area contributed by atoms with Crippen molar-refractivity contribution in [1.82, 2.24) is 0 Å². The lowest BCUT2D eigenvalue weighted by molar-refractivity contribution is -0.130. The number of nitriles is 1. The Morgan fingerprint density at radius 3 is 2.50 bits per heavy atom. The summed E-state index contributed by atoms with van der Waals surface area (Å²) < 4.78 is 0.732. The summed E-state index contributed by atoms with van der Waals surface area (Å²) in [4.78, 5) is 25.1. The molecule has 4 nitrogen and oxygen atoms in total. The fourth-order valence-corrected chi connectivity index (χ4v) is 2.39. The number of hydrogen-bond donors (Lipinski definition) is 0. The van der Waals surface area contributed by atoms with Crippen LogP contribution in [0.1, 0.15) is 25.3 Å². The Balaban J connectivity index is 2.48. The Morgan fingerprint density at radius 2 is 1.94 bits per heavy atom. The number of rotatable bonds is 1. The van der Waals surface area contributed by atoms with Gasteiger partial charge in [0.15, 0.2) is 0 Å². The fourth-order valence-electron chi connectivity index (χ4n) is 2.04. The number of hydrogen-bond acceptors (Lipinski definition) is 3. The van der Waals surface area contributed by atoms with Gasteiger partial charge < -0.3 is 0 Å². The molecule has 1 aromatic rings. The fraction of sp³-hybridized carbons (Fsp3) is 0.308. The molecule has 0 N–H and O–H groups in total. The van der Waals surface area contributed by atoms with Crippen LogP contribution in [0, 0.1) is 17.2 Å². The predicted octanol–water partition coefficient (Wildman–Crippen LogP) is 2.61. The van der Waals surface area contributed by atoms with Gasteiger partial charge in [-0.1, -0.05) is 22.9 Å². The predicted molar refractivity (Wildman–Crippen MR) is 69.7 cm³/mol. The van der Waals surface area contributed by atoms with Crippen molar-refractivity contribution in [1.29, 1.82) is 5.26 Å². The van der Waals surface area contributed by atoms with E-state index in [1.807, 2.05) is 13.0 Å². The molecular formula is C13H11BrN2O2. The van der Waals surface area contributed by atoms with E-state index in [4.69, 9.17) is 5.26 Å². The highest BCUT2D eigenvalue weighted by atomic mass is 79.9. The maximum Gasteiger partial charge on any atom is 0.234 e. The van der Waals surface area contributed by atoms with Crippen LogP contribution < -0.4 is 4.90 Å². The SMILES string of the molecule is CC1CC(=O)N(c2cc(Br)ccc2C#N)C(=O)C1. The third-order valence-electron chi connectivity index (χ3n) is 2.87. The monoisotopic (exact) mass is 306 g/mol. The highest BCUT2D eigenvalue weighted by molar-refractivity contribution is 9.10. The van der Waals surface area contributed by atoms with Gasteiger partial charge in [-0.2, -0.15) is 5.26 Å². The molecule has 1 heterocycles. The molecule has 5 heteroatoms. The number of carbonyl (C=O) groups is 2. The summed E-state index contributed by atoms with van der Waals surface area (Å²) in [5.41, 5.74) is 0.697. The Labute approximate surface area is 113 Å². The van der Waals surface area contributed by atoms with Gasteiger partial charge in [-0.05, 0) is 24.1 Å². The van der Waals surface area contributed by atoms with E-state index in [1.54, 1.807) is 18.2 Å². The molecule has 2 rings (SSSR count). The van der Waals surface area contributed by atoms with Crippen molar-refractivity contribution in [2.75, 3.05) is 4.90 Å². The number of anilines is 1. The minimum absolute atomic E-state index is 0.0685. The molecule has 1 fully saturated rings. The summed E-state index contributed by atoms with van der Waals surface area (Å²) >= 11 is 3.29. The van der Waals surface area contributed by atoms with E-state index in [1.165, 1.54) is 0 Å². The molecule has 2 amide bonds. The first-order chi connectivity index (χ1) is 8.52. The van der Waals surface area contributed by atoms with Crippen LogP contribution in [0.5, 0.6) is 0 Å². The van der Waals surface area contributed by atoms with Crippen molar-refractivity contribution in [2.24, 2.45) is 5.92 Å². The number of imide groups is 1. The van der Waals surface area contributed by atoms with Crippen LogP contribution in [-0.4, -0.2) is 11.8 Å².